The molecule has 0 bridgehead atoms. The molecule has 1 saturated carbocycles. The smallest absolute Gasteiger partial charge is 0.240 e. The molecule has 1 fully saturated rings. The quantitative estimate of drug-likeness (QED) is 0.125. The predicted molar refractivity (Wildman–Crippen MR) is 149 cm³/mol. The first-order chi connectivity index (χ1) is 19.3. The second kappa shape index (κ2) is 11.6. The van der Waals surface area contributed by atoms with Gasteiger partial charge in [-0.1, -0.05) is 41.5 Å². The van der Waals surface area contributed by atoms with Gasteiger partial charge in [-0.25, -0.2) is 17.5 Å². The van der Waals surface area contributed by atoms with E-state index in [-0.39, 0.29) is 23.3 Å². The van der Waals surface area contributed by atoms with Crippen LogP contribution in [0.4, 0.5) is 15.8 Å². The summed E-state index contributed by atoms with van der Waals surface area (Å²) in [7, 11) is -3.57. The molecule has 4 aromatic rings. The van der Waals surface area contributed by atoms with E-state index in [9.17, 15) is 17.6 Å². The van der Waals surface area contributed by atoms with Crippen LogP contribution < -0.4 is 14.8 Å². The highest BCUT2D eigenvalue weighted by atomic mass is 32.2. The summed E-state index contributed by atoms with van der Waals surface area (Å²) in [5.74, 6) is 0.00584. The molecule has 0 aliphatic heterocycles. The molecular formula is C29H24FN5O4S. The van der Waals surface area contributed by atoms with Gasteiger partial charge in [0.1, 0.15) is 17.3 Å². The molecule has 0 saturated heterocycles. The minimum absolute atomic E-state index is 0.00613. The Kier molecular flexibility index (Phi) is 7.79. The number of anilines is 1. The van der Waals surface area contributed by atoms with Gasteiger partial charge in [0, 0.05) is 34.0 Å². The molecule has 0 radical (unpaired) electrons. The first kappa shape index (κ1) is 26.9. The largest absolute Gasteiger partial charge is 0.457 e. The van der Waals surface area contributed by atoms with Crippen LogP contribution in [0.15, 0.2) is 101 Å². The van der Waals surface area contributed by atoms with Crippen molar-refractivity contribution in [3.05, 3.63) is 113 Å². The van der Waals surface area contributed by atoms with Gasteiger partial charge in [-0.05, 0) is 78.0 Å². The van der Waals surface area contributed by atoms with Gasteiger partial charge in [0.25, 0.3) is 0 Å². The lowest BCUT2D eigenvalue weighted by Gasteiger charge is -2.15. The maximum Gasteiger partial charge on any atom is 0.240 e. The molecule has 4 aromatic carbocycles. The number of ether oxygens (including phenoxy) is 1. The highest BCUT2D eigenvalue weighted by molar-refractivity contribution is 7.89. The molecule has 1 aliphatic carbocycles. The molecule has 1 amide bonds. The zero-order valence-electron chi connectivity index (χ0n) is 21.1. The summed E-state index contributed by atoms with van der Waals surface area (Å²) >= 11 is 0. The molecule has 0 heterocycles. The van der Waals surface area contributed by atoms with Gasteiger partial charge >= 0.3 is 0 Å². The van der Waals surface area contributed by atoms with Crippen molar-refractivity contribution >= 4 is 27.3 Å². The molecule has 2 N–H and O–H groups in total. The lowest BCUT2D eigenvalue weighted by molar-refractivity contribution is -0.115. The van der Waals surface area contributed by atoms with Crippen LogP contribution in [0.2, 0.25) is 0 Å². The third-order valence-corrected chi connectivity index (χ3v) is 7.64. The van der Waals surface area contributed by atoms with E-state index in [1.807, 2.05) is 0 Å². The van der Waals surface area contributed by atoms with E-state index in [4.69, 9.17) is 10.3 Å². The van der Waals surface area contributed by atoms with Crippen LogP contribution in [-0.4, -0.2) is 20.4 Å². The zero-order valence-corrected chi connectivity index (χ0v) is 21.9. The van der Waals surface area contributed by atoms with E-state index >= 15 is 0 Å². The van der Waals surface area contributed by atoms with Crippen molar-refractivity contribution in [3.8, 4) is 22.6 Å². The Morgan fingerprint density at radius 1 is 1.00 bits per heavy atom. The number of carbonyl (C=O) groups excluding carboxylic acids is 1. The fourth-order valence-electron chi connectivity index (χ4n) is 4.03. The van der Waals surface area contributed by atoms with Crippen LogP contribution in [0, 0.1) is 5.82 Å². The number of amides is 1. The highest BCUT2D eigenvalue weighted by Crippen LogP contribution is 2.37. The molecule has 9 nitrogen and oxygen atoms in total. The summed E-state index contributed by atoms with van der Waals surface area (Å²) in [4.78, 5) is 15.8. The number of hydrogen-bond acceptors (Lipinski definition) is 5. The second-order valence-electron chi connectivity index (χ2n) is 9.27. The number of rotatable bonds is 10. The Hall–Kier alpha value is -4.70. The van der Waals surface area contributed by atoms with Gasteiger partial charge in [-0.3, -0.25) is 4.79 Å². The predicted octanol–water partition coefficient (Wildman–Crippen LogP) is 6.85. The standard InChI is InChI=1S/C29H24FN5O4S/c30-21-4-1-3-20(16-21)27-14-11-23(18-28(27)39-25-6-2-5-24(17-25)33-35-31)32-29(36)15-19-7-12-26(13-8-19)40(37,38)34-22-9-10-22/h1-8,11-14,16-18,22,34H,9-10,15H2,(H,32,36). The minimum atomic E-state index is -3.57. The van der Waals surface area contributed by atoms with Crippen LogP contribution >= 0.6 is 0 Å². The van der Waals surface area contributed by atoms with Crippen molar-refractivity contribution in [2.24, 2.45) is 5.11 Å². The number of benzene rings is 4. The Morgan fingerprint density at radius 2 is 1.77 bits per heavy atom. The fraction of sp³-hybridized carbons (Fsp3) is 0.138. The fourth-order valence-corrected chi connectivity index (χ4v) is 5.34. The molecular weight excluding hydrogens is 533 g/mol. The summed E-state index contributed by atoms with van der Waals surface area (Å²) in [6.07, 6.45) is 1.71. The minimum Gasteiger partial charge on any atom is -0.457 e. The number of carbonyl (C=O) groups is 1. The van der Waals surface area contributed by atoms with Gasteiger partial charge in [0.05, 0.1) is 11.3 Å². The van der Waals surface area contributed by atoms with Gasteiger partial charge in [0.15, 0.2) is 0 Å². The normalized spacial score (nSPS) is 12.8. The van der Waals surface area contributed by atoms with Crippen molar-refractivity contribution in [1.82, 2.24) is 4.72 Å². The first-order valence-corrected chi connectivity index (χ1v) is 13.9. The van der Waals surface area contributed by atoms with Crippen LogP contribution in [0.5, 0.6) is 11.5 Å². The number of nitrogens with zero attached hydrogens (tertiary/aromatic N) is 3. The molecule has 1 aliphatic rings. The zero-order chi connectivity index (χ0) is 28.1. The van der Waals surface area contributed by atoms with Gasteiger partial charge in [-0.2, -0.15) is 0 Å². The number of hydrogen-bond donors (Lipinski definition) is 2. The number of azide groups is 1. The van der Waals surface area contributed by atoms with E-state index in [1.165, 1.54) is 24.3 Å². The SMILES string of the molecule is [N-]=[N+]=Nc1cccc(Oc2cc(NC(=O)Cc3ccc(S(=O)(=O)NC4CC4)cc3)ccc2-c2cccc(F)c2)c1. The maximum atomic E-state index is 14.0. The topological polar surface area (TPSA) is 133 Å². The number of sulfonamides is 1. The first-order valence-electron chi connectivity index (χ1n) is 12.4. The molecule has 0 spiro atoms. The summed E-state index contributed by atoms with van der Waals surface area (Å²) in [6.45, 7) is 0. The summed E-state index contributed by atoms with van der Waals surface area (Å²) < 4.78 is 47.4. The molecule has 0 unspecified atom stereocenters. The van der Waals surface area contributed by atoms with E-state index in [1.54, 1.807) is 66.7 Å². The Balaban J connectivity index is 1.35. The lowest BCUT2D eigenvalue weighted by Crippen LogP contribution is -2.25. The van der Waals surface area contributed by atoms with E-state index in [0.717, 1.165) is 12.8 Å². The van der Waals surface area contributed by atoms with Crippen molar-refractivity contribution in [2.45, 2.75) is 30.2 Å². The Morgan fingerprint density at radius 3 is 2.50 bits per heavy atom. The molecule has 40 heavy (non-hydrogen) atoms. The number of halogens is 1. The van der Waals surface area contributed by atoms with E-state index in [0.29, 0.717) is 39.6 Å². The summed E-state index contributed by atoms with van der Waals surface area (Å²) in [6, 6.07) is 23.8. The van der Waals surface area contributed by atoms with Crippen molar-refractivity contribution < 1.29 is 22.3 Å². The Labute approximate surface area is 230 Å². The Bertz CT molecular complexity index is 1720. The van der Waals surface area contributed by atoms with Crippen LogP contribution in [0.3, 0.4) is 0 Å². The van der Waals surface area contributed by atoms with Crippen molar-refractivity contribution in [3.63, 3.8) is 0 Å². The van der Waals surface area contributed by atoms with Crippen molar-refractivity contribution in [1.29, 1.82) is 0 Å². The monoisotopic (exact) mass is 557 g/mol. The molecule has 11 heteroatoms. The summed E-state index contributed by atoms with van der Waals surface area (Å²) in [5.41, 5.74) is 11.3. The highest BCUT2D eigenvalue weighted by Gasteiger charge is 2.27. The third kappa shape index (κ3) is 6.83. The van der Waals surface area contributed by atoms with E-state index in [2.05, 4.69) is 20.1 Å². The van der Waals surface area contributed by atoms with Gasteiger partial charge in [-0.15, -0.1) is 0 Å². The van der Waals surface area contributed by atoms with Crippen molar-refractivity contribution in [2.75, 3.05) is 5.32 Å². The lowest BCUT2D eigenvalue weighted by atomic mass is 10.0. The maximum absolute atomic E-state index is 14.0. The number of nitrogens with one attached hydrogen (secondary N) is 2. The average molecular weight is 558 g/mol. The second-order valence-corrected chi connectivity index (χ2v) is 11.0. The average Bonchev–Trinajstić information content (AvgIpc) is 3.73. The third-order valence-electron chi connectivity index (χ3n) is 6.10. The van der Waals surface area contributed by atoms with Crippen LogP contribution in [0.1, 0.15) is 18.4 Å². The van der Waals surface area contributed by atoms with Crippen LogP contribution in [0.25, 0.3) is 21.6 Å². The van der Waals surface area contributed by atoms with Gasteiger partial charge < -0.3 is 10.1 Å². The summed E-state index contributed by atoms with van der Waals surface area (Å²) in [5, 5.41) is 6.42. The molecule has 0 atom stereocenters. The molecule has 0 aromatic heterocycles. The molecule has 5 rings (SSSR count). The molecule has 202 valence electrons. The van der Waals surface area contributed by atoms with Crippen LogP contribution in [-0.2, 0) is 21.2 Å². The van der Waals surface area contributed by atoms with Gasteiger partial charge in [0.2, 0.25) is 15.9 Å². The van der Waals surface area contributed by atoms with E-state index < -0.39 is 15.8 Å².